The van der Waals surface area contributed by atoms with Gasteiger partial charge in [-0.3, -0.25) is 0 Å². The van der Waals surface area contributed by atoms with Crippen LogP contribution in [0.3, 0.4) is 0 Å². The van der Waals surface area contributed by atoms with Gasteiger partial charge in [0.15, 0.2) is 11.5 Å². The van der Waals surface area contributed by atoms with Crippen LogP contribution in [0.4, 0.5) is 0 Å². The largest absolute Gasteiger partial charge is 1.00 e. The molecule has 3 nitrogen and oxygen atoms in total. The molecule has 4 heteroatoms. The maximum Gasteiger partial charge on any atom is 0.161 e. The Hall–Kier alpha value is -1.19. The van der Waals surface area contributed by atoms with Crippen molar-refractivity contribution in [1.29, 1.82) is 0 Å². The third-order valence-electron chi connectivity index (χ3n) is 2.22. The highest BCUT2D eigenvalue weighted by Crippen LogP contribution is 2.30. The van der Waals surface area contributed by atoms with E-state index in [-0.39, 0.29) is 12.4 Å². The van der Waals surface area contributed by atoms with Gasteiger partial charge in [-0.15, -0.1) is 6.58 Å². The number of hydrogen-bond donors (Lipinski definition) is 1. The van der Waals surface area contributed by atoms with Gasteiger partial charge in [-0.05, 0) is 17.7 Å². The summed E-state index contributed by atoms with van der Waals surface area (Å²) >= 11 is 0. The maximum atomic E-state index is 5.50. The molecule has 0 unspecified atom stereocenters. The summed E-state index contributed by atoms with van der Waals surface area (Å²) in [6.45, 7) is 6.57. The van der Waals surface area contributed by atoms with Gasteiger partial charge in [-0.2, -0.15) is 0 Å². The molecule has 1 heterocycles. The molecule has 0 atom stereocenters. The van der Waals surface area contributed by atoms with Crippen molar-refractivity contribution in [3.63, 3.8) is 0 Å². The van der Waals surface area contributed by atoms with Crippen LogP contribution in [0.1, 0.15) is 5.56 Å². The molecule has 88 valence electrons. The maximum absolute atomic E-state index is 5.50. The Morgan fingerprint density at radius 2 is 2.00 bits per heavy atom. The smallest absolute Gasteiger partial charge is 0.161 e. The fourth-order valence-electron chi connectivity index (χ4n) is 1.52. The summed E-state index contributed by atoms with van der Waals surface area (Å²) in [5.74, 6) is 1.69. The predicted molar refractivity (Wildman–Crippen MR) is 59.3 cm³/mol. The monoisotopic (exact) mass is 240 g/mol. The molecule has 0 saturated heterocycles. The fourth-order valence-corrected chi connectivity index (χ4v) is 1.52. The minimum absolute atomic E-state index is 0. The molecule has 1 aliphatic rings. The molecule has 0 aromatic heterocycles. The van der Waals surface area contributed by atoms with Crippen molar-refractivity contribution in [2.45, 2.75) is 6.54 Å². The van der Waals surface area contributed by atoms with Gasteiger partial charge in [-0.1, -0.05) is 12.1 Å². The van der Waals surface area contributed by atoms with E-state index in [0.29, 0.717) is 13.2 Å². The lowest BCUT2D eigenvalue weighted by Crippen LogP contribution is -3.00. The Bertz CT molecular complexity index is 355. The minimum atomic E-state index is 0. The van der Waals surface area contributed by atoms with E-state index in [1.807, 2.05) is 24.3 Å². The highest BCUT2D eigenvalue weighted by Gasteiger charge is 2.10. The molecule has 16 heavy (non-hydrogen) atoms. The average Bonchev–Trinajstić information content (AvgIpc) is 2.29. The van der Waals surface area contributed by atoms with E-state index in [0.717, 1.165) is 24.6 Å². The van der Waals surface area contributed by atoms with Crippen LogP contribution in [0, 0.1) is 0 Å². The lowest BCUT2D eigenvalue weighted by molar-refractivity contribution is -0.00000367. The van der Waals surface area contributed by atoms with E-state index < -0.39 is 0 Å². The topological polar surface area (TPSA) is 30.5 Å². The molecule has 1 N–H and O–H groups in total. The van der Waals surface area contributed by atoms with E-state index in [4.69, 9.17) is 9.47 Å². The van der Waals surface area contributed by atoms with Crippen LogP contribution in [0.25, 0.3) is 0 Å². The van der Waals surface area contributed by atoms with Gasteiger partial charge in [-0.25, -0.2) is 0 Å². The Labute approximate surface area is 102 Å². The van der Waals surface area contributed by atoms with Gasteiger partial charge in [0, 0.05) is 13.1 Å². The summed E-state index contributed by atoms with van der Waals surface area (Å²) in [4.78, 5) is 0. The van der Waals surface area contributed by atoms with E-state index in [1.165, 1.54) is 5.56 Å². The third kappa shape index (κ3) is 3.15. The lowest BCUT2D eigenvalue weighted by Gasteiger charge is -2.18. The fraction of sp³-hybridized carbons (Fsp3) is 0.333. The normalized spacial score (nSPS) is 12.8. The molecular weight excluding hydrogens is 226 g/mol. The number of ether oxygens (including phenoxy) is 2. The number of rotatable bonds is 4. The zero-order valence-corrected chi connectivity index (χ0v) is 9.80. The second-order valence-electron chi connectivity index (χ2n) is 3.40. The van der Waals surface area contributed by atoms with E-state index in [1.54, 1.807) is 0 Å². The van der Waals surface area contributed by atoms with Crippen LogP contribution >= 0.6 is 0 Å². The predicted octanol–water partition coefficient (Wildman–Crippen LogP) is -1.26. The molecule has 0 radical (unpaired) electrons. The van der Waals surface area contributed by atoms with Crippen LogP contribution in [0.15, 0.2) is 30.9 Å². The van der Waals surface area contributed by atoms with Gasteiger partial charge < -0.3 is 27.2 Å². The SMILES string of the molecule is C=CCNCc1ccc2c(c1)OCCO2.[Cl-]. The molecule has 0 aliphatic carbocycles. The summed E-state index contributed by atoms with van der Waals surface area (Å²) in [5, 5.41) is 3.24. The second-order valence-corrected chi connectivity index (χ2v) is 3.40. The molecule has 0 fully saturated rings. The highest BCUT2D eigenvalue weighted by molar-refractivity contribution is 5.43. The zero-order valence-electron chi connectivity index (χ0n) is 9.04. The first-order chi connectivity index (χ1) is 7.40. The number of benzene rings is 1. The van der Waals surface area contributed by atoms with Crippen molar-refractivity contribution in [3.05, 3.63) is 36.4 Å². The summed E-state index contributed by atoms with van der Waals surface area (Å²) in [6, 6.07) is 6.02. The molecule has 0 spiro atoms. The van der Waals surface area contributed by atoms with Crippen molar-refractivity contribution in [2.75, 3.05) is 19.8 Å². The molecule has 1 aliphatic heterocycles. The van der Waals surface area contributed by atoms with Gasteiger partial charge in [0.1, 0.15) is 13.2 Å². The molecular formula is C12H15ClNO2-. The van der Waals surface area contributed by atoms with Crippen molar-refractivity contribution >= 4 is 0 Å². The summed E-state index contributed by atoms with van der Waals surface area (Å²) in [7, 11) is 0. The zero-order chi connectivity index (χ0) is 10.5. The molecule has 2 rings (SSSR count). The molecule has 1 aromatic rings. The summed E-state index contributed by atoms with van der Waals surface area (Å²) < 4.78 is 10.9. The number of nitrogens with one attached hydrogen (secondary N) is 1. The van der Waals surface area contributed by atoms with Crippen LogP contribution in [0.2, 0.25) is 0 Å². The van der Waals surface area contributed by atoms with Crippen molar-refractivity contribution < 1.29 is 21.9 Å². The first-order valence-corrected chi connectivity index (χ1v) is 5.10. The number of fused-ring (bicyclic) bond motifs is 1. The van der Waals surface area contributed by atoms with Crippen LogP contribution in [-0.2, 0) is 6.54 Å². The second kappa shape index (κ2) is 6.40. The minimum Gasteiger partial charge on any atom is -1.00 e. The van der Waals surface area contributed by atoms with Gasteiger partial charge >= 0.3 is 0 Å². The molecule has 0 amide bonds. The van der Waals surface area contributed by atoms with Crippen LogP contribution in [0.5, 0.6) is 11.5 Å². The number of halogens is 1. The van der Waals surface area contributed by atoms with E-state index >= 15 is 0 Å². The van der Waals surface area contributed by atoms with Crippen molar-refractivity contribution in [3.8, 4) is 11.5 Å². The number of hydrogen-bond acceptors (Lipinski definition) is 3. The van der Waals surface area contributed by atoms with Crippen molar-refractivity contribution in [1.82, 2.24) is 5.32 Å². The van der Waals surface area contributed by atoms with Gasteiger partial charge in [0.05, 0.1) is 0 Å². The molecule has 1 aromatic carbocycles. The van der Waals surface area contributed by atoms with Gasteiger partial charge in [0.2, 0.25) is 0 Å². The summed E-state index contributed by atoms with van der Waals surface area (Å²) in [5.41, 5.74) is 1.20. The summed E-state index contributed by atoms with van der Waals surface area (Å²) in [6.07, 6.45) is 1.85. The standard InChI is InChI=1S/C12H15NO2.ClH/c1-2-5-13-9-10-3-4-11-12(8-10)15-7-6-14-11;/h2-4,8,13H,1,5-7,9H2;1H/p-1. The van der Waals surface area contributed by atoms with Gasteiger partial charge in [0.25, 0.3) is 0 Å². The Balaban J connectivity index is 0.00000128. The Kier molecular flexibility index (Phi) is 5.15. The van der Waals surface area contributed by atoms with Crippen molar-refractivity contribution in [2.24, 2.45) is 0 Å². The Morgan fingerprint density at radius 3 is 2.75 bits per heavy atom. The average molecular weight is 241 g/mol. The van der Waals surface area contributed by atoms with Crippen LogP contribution in [-0.4, -0.2) is 19.8 Å². The highest BCUT2D eigenvalue weighted by atomic mass is 35.5. The first-order valence-electron chi connectivity index (χ1n) is 5.10. The molecule has 0 saturated carbocycles. The first kappa shape index (κ1) is 12.9. The van der Waals surface area contributed by atoms with E-state index in [9.17, 15) is 0 Å². The Morgan fingerprint density at radius 1 is 1.25 bits per heavy atom. The quantitative estimate of drug-likeness (QED) is 0.526. The lowest BCUT2D eigenvalue weighted by atomic mass is 10.2. The van der Waals surface area contributed by atoms with E-state index in [2.05, 4.69) is 11.9 Å². The molecule has 0 bridgehead atoms. The van der Waals surface area contributed by atoms with Crippen LogP contribution < -0.4 is 27.2 Å². The third-order valence-corrected chi connectivity index (χ3v) is 2.22.